The third-order valence-corrected chi connectivity index (χ3v) is 5.55. The number of nitrogens with one attached hydrogen (secondary N) is 1. The fourth-order valence-corrected chi connectivity index (χ4v) is 3.88. The first-order valence-corrected chi connectivity index (χ1v) is 10.4. The maximum Gasteiger partial charge on any atom is 0.247 e. The molecule has 7 heteroatoms. The van der Waals surface area contributed by atoms with Gasteiger partial charge in [-0.25, -0.2) is 0 Å². The third kappa shape index (κ3) is 4.72. The summed E-state index contributed by atoms with van der Waals surface area (Å²) in [7, 11) is 0. The molecule has 2 aromatic carbocycles. The number of anilines is 2. The Morgan fingerprint density at radius 3 is 2.43 bits per heavy atom. The summed E-state index contributed by atoms with van der Waals surface area (Å²) in [6, 6.07) is 17.5. The Balaban J connectivity index is 1.75. The van der Waals surface area contributed by atoms with Crippen molar-refractivity contribution >= 4 is 29.3 Å². The molecule has 0 spiro atoms. The fourth-order valence-electron chi connectivity index (χ4n) is 2.94. The topological polar surface area (TPSA) is 85.8 Å². The van der Waals surface area contributed by atoms with E-state index >= 15 is 0 Å². The molecule has 0 aliphatic heterocycles. The quantitative estimate of drug-likeness (QED) is 0.555. The molecule has 0 bridgehead atoms. The van der Waals surface area contributed by atoms with E-state index in [0.29, 0.717) is 11.6 Å². The number of aryl methyl sites for hydroxylation is 1. The van der Waals surface area contributed by atoms with Crippen LogP contribution in [0.1, 0.15) is 37.4 Å². The Morgan fingerprint density at radius 1 is 1.07 bits per heavy atom. The van der Waals surface area contributed by atoms with Gasteiger partial charge >= 0.3 is 0 Å². The number of thioether (sulfide) groups is 1. The molecule has 0 aliphatic rings. The highest BCUT2D eigenvalue weighted by Crippen LogP contribution is 2.28. The van der Waals surface area contributed by atoms with E-state index in [4.69, 9.17) is 5.73 Å². The van der Waals surface area contributed by atoms with E-state index in [1.165, 1.54) is 22.9 Å². The second-order valence-electron chi connectivity index (χ2n) is 6.45. The molecule has 0 aliphatic carbocycles. The summed E-state index contributed by atoms with van der Waals surface area (Å²) in [5.41, 5.74) is 9.23. The number of benzene rings is 2. The Kier molecular flexibility index (Phi) is 6.71. The predicted octanol–water partition coefficient (Wildman–Crippen LogP) is 4.30. The van der Waals surface area contributed by atoms with Crippen LogP contribution < -0.4 is 11.1 Å². The molecule has 1 unspecified atom stereocenters. The van der Waals surface area contributed by atoms with Gasteiger partial charge in [-0.3, -0.25) is 9.36 Å². The number of carbonyl (C=O) groups excluding carboxylic acids is 1. The van der Waals surface area contributed by atoms with Crippen LogP contribution in [0, 0.1) is 0 Å². The first kappa shape index (κ1) is 19.9. The lowest BCUT2D eigenvalue weighted by Gasteiger charge is -2.19. The van der Waals surface area contributed by atoms with Crippen LogP contribution in [0.5, 0.6) is 0 Å². The van der Waals surface area contributed by atoms with Crippen LogP contribution in [0.2, 0.25) is 0 Å². The Hall–Kier alpha value is -2.80. The molecule has 6 nitrogen and oxygen atoms in total. The van der Waals surface area contributed by atoms with E-state index in [9.17, 15) is 4.79 Å². The summed E-state index contributed by atoms with van der Waals surface area (Å²) < 4.78 is 1.73. The van der Waals surface area contributed by atoms with Gasteiger partial charge in [-0.2, -0.15) is 0 Å². The average Bonchev–Trinajstić information content (AvgIpc) is 3.09. The van der Waals surface area contributed by atoms with Gasteiger partial charge in [0.1, 0.15) is 6.04 Å². The average molecular weight is 396 g/mol. The van der Waals surface area contributed by atoms with Crippen LogP contribution in [0.3, 0.4) is 0 Å². The van der Waals surface area contributed by atoms with Gasteiger partial charge in [0.15, 0.2) is 5.16 Å². The first-order valence-electron chi connectivity index (χ1n) is 9.39. The second-order valence-corrected chi connectivity index (χ2v) is 7.39. The molecule has 1 heterocycles. The van der Waals surface area contributed by atoms with Crippen molar-refractivity contribution in [3.8, 4) is 0 Å². The molecule has 3 N–H and O–H groups in total. The summed E-state index contributed by atoms with van der Waals surface area (Å²) in [6.07, 6.45) is 1.55. The van der Waals surface area contributed by atoms with Crippen LogP contribution in [0.15, 0.2) is 59.8 Å². The minimum atomic E-state index is -0.473. The minimum absolute atomic E-state index is 0.125. The lowest BCUT2D eigenvalue weighted by Crippen LogP contribution is -2.27. The number of rotatable bonds is 8. The van der Waals surface area contributed by atoms with Crippen molar-refractivity contribution in [2.24, 2.45) is 0 Å². The first-order chi connectivity index (χ1) is 13.6. The zero-order valence-electron chi connectivity index (χ0n) is 16.1. The highest BCUT2D eigenvalue weighted by molar-refractivity contribution is 7.98. The summed E-state index contributed by atoms with van der Waals surface area (Å²) in [5.74, 6) is 0.855. The molecule has 0 saturated heterocycles. The molecule has 146 valence electrons. The molecular weight excluding hydrogens is 370 g/mol. The van der Waals surface area contributed by atoms with Crippen LogP contribution in [0.4, 0.5) is 11.6 Å². The Morgan fingerprint density at radius 2 is 1.79 bits per heavy atom. The molecule has 0 radical (unpaired) electrons. The van der Waals surface area contributed by atoms with Gasteiger partial charge in [-0.1, -0.05) is 68.1 Å². The van der Waals surface area contributed by atoms with Crippen LogP contribution >= 0.6 is 11.8 Å². The largest absolute Gasteiger partial charge is 0.368 e. The number of nitrogens with two attached hydrogens (primary N) is 1. The van der Waals surface area contributed by atoms with E-state index < -0.39 is 6.04 Å². The van der Waals surface area contributed by atoms with Crippen molar-refractivity contribution in [3.05, 3.63) is 65.7 Å². The van der Waals surface area contributed by atoms with E-state index in [0.717, 1.165) is 17.9 Å². The molecular formula is C21H25N5OS. The van der Waals surface area contributed by atoms with Crippen LogP contribution in [0.25, 0.3) is 0 Å². The molecule has 0 saturated carbocycles. The van der Waals surface area contributed by atoms with Gasteiger partial charge in [0.05, 0.1) is 0 Å². The smallest absolute Gasteiger partial charge is 0.247 e. The summed E-state index contributed by atoms with van der Waals surface area (Å²) in [4.78, 5) is 12.9. The SMILES string of the molecule is CCc1ccc(NC(=O)C(CC)n2c(N)nnc2SCc2ccccc2)cc1. The number of hydrogen-bond acceptors (Lipinski definition) is 5. The predicted molar refractivity (Wildman–Crippen MR) is 114 cm³/mol. The van der Waals surface area contributed by atoms with Gasteiger partial charge in [0, 0.05) is 11.4 Å². The monoisotopic (exact) mass is 395 g/mol. The number of aromatic nitrogens is 3. The van der Waals surface area contributed by atoms with Crippen molar-refractivity contribution in [1.82, 2.24) is 14.8 Å². The van der Waals surface area contributed by atoms with Gasteiger partial charge in [0.25, 0.3) is 0 Å². The lowest BCUT2D eigenvalue weighted by molar-refractivity contribution is -0.119. The number of amides is 1. The molecule has 1 aromatic heterocycles. The summed E-state index contributed by atoms with van der Waals surface area (Å²) in [6.45, 7) is 4.06. The molecule has 1 amide bonds. The number of nitrogen functional groups attached to an aromatic ring is 1. The maximum absolute atomic E-state index is 12.9. The third-order valence-electron chi connectivity index (χ3n) is 4.53. The van der Waals surface area contributed by atoms with E-state index in [1.807, 2.05) is 49.4 Å². The molecule has 3 aromatic rings. The van der Waals surface area contributed by atoms with Gasteiger partial charge in [-0.05, 0) is 36.1 Å². The Bertz CT molecular complexity index is 908. The van der Waals surface area contributed by atoms with Crippen molar-refractivity contribution in [2.75, 3.05) is 11.1 Å². The number of nitrogens with zero attached hydrogens (tertiary/aromatic N) is 3. The van der Waals surface area contributed by atoms with E-state index in [1.54, 1.807) is 4.57 Å². The Labute approximate surface area is 169 Å². The summed E-state index contributed by atoms with van der Waals surface area (Å²) >= 11 is 1.52. The van der Waals surface area contributed by atoms with Gasteiger partial charge in [-0.15, -0.1) is 10.2 Å². The zero-order chi connectivity index (χ0) is 19.9. The lowest BCUT2D eigenvalue weighted by atomic mass is 10.1. The van der Waals surface area contributed by atoms with Crippen molar-refractivity contribution in [1.29, 1.82) is 0 Å². The van der Waals surface area contributed by atoms with Crippen molar-refractivity contribution in [3.63, 3.8) is 0 Å². The molecule has 28 heavy (non-hydrogen) atoms. The fraction of sp³-hybridized carbons (Fsp3) is 0.286. The van der Waals surface area contributed by atoms with Gasteiger partial charge in [0.2, 0.25) is 11.9 Å². The van der Waals surface area contributed by atoms with Crippen LogP contribution in [-0.4, -0.2) is 20.7 Å². The zero-order valence-corrected chi connectivity index (χ0v) is 16.9. The molecule has 1 atom stereocenters. The normalized spacial score (nSPS) is 11.9. The second kappa shape index (κ2) is 9.41. The van der Waals surface area contributed by atoms with Crippen molar-refractivity contribution in [2.45, 2.75) is 43.6 Å². The maximum atomic E-state index is 12.9. The summed E-state index contributed by atoms with van der Waals surface area (Å²) in [5, 5.41) is 11.8. The standard InChI is InChI=1S/C21H25N5OS/c1-3-15-10-12-17(13-11-15)23-19(27)18(4-2)26-20(22)24-25-21(26)28-14-16-8-6-5-7-9-16/h5-13,18H,3-4,14H2,1-2H3,(H2,22,24)(H,23,27). The highest BCUT2D eigenvalue weighted by atomic mass is 32.2. The van der Waals surface area contributed by atoms with E-state index in [-0.39, 0.29) is 11.9 Å². The number of hydrogen-bond donors (Lipinski definition) is 2. The minimum Gasteiger partial charge on any atom is -0.368 e. The number of carbonyl (C=O) groups is 1. The van der Waals surface area contributed by atoms with Gasteiger partial charge < -0.3 is 11.1 Å². The molecule has 3 rings (SSSR count). The van der Waals surface area contributed by atoms with E-state index in [2.05, 4.69) is 34.6 Å². The van der Waals surface area contributed by atoms with Crippen LogP contribution in [-0.2, 0) is 17.0 Å². The highest BCUT2D eigenvalue weighted by Gasteiger charge is 2.25. The van der Waals surface area contributed by atoms with Crippen molar-refractivity contribution < 1.29 is 4.79 Å². The molecule has 0 fully saturated rings.